The summed E-state index contributed by atoms with van der Waals surface area (Å²) in [5.74, 6) is 0.854. The van der Waals surface area contributed by atoms with Crippen LogP contribution in [0.4, 0.5) is 0 Å². The van der Waals surface area contributed by atoms with Gasteiger partial charge in [0.05, 0.1) is 23.9 Å². The molecule has 2 atom stereocenters. The average Bonchev–Trinajstić information content (AvgIpc) is 3.07. The van der Waals surface area contributed by atoms with Gasteiger partial charge in [0.15, 0.2) is 0 Å². The maximum Gasteiger partial charge on any atom is 0.227 e. The van der Waals surface area contributed by atoms with E-state index in [0.717, 1.165) is 21.1 Å². The topological polar surface area (TPSA) is 55.8 Å². The number of hydrogen-bond acceptors (Lipinski definition) is 5. The van der Waals surface area contributed by atoms with Crippen molar-refractivity contribution in [1.29, 1.82) is 0 Å². The zero-order valence-electron chi connectivity index (χ0n) is 14.6. The number of hydrogen-bond donors (Lipinski definition) is 0. The summed E-state index contributed by atoms with van der Waals surface area (Å²) in [6.45, 7) is 5.26. The van der Waals surface area contributed by atoms with Crippen LogP contribution in [0.5, 0.6) is 5.75 Å². The predicted molar refractivity (Wildman–Crippen MR) is 99.9 cm³/mol. The standard InChI is InChI=1S/C18H22N2O3S2/c1-13-16-11-15(12-19(3)14(2)21)6-7-17(16)23-9-8-20(13)25(22)18-5-4-10-24-18/h4-7,10-11,13H,8-9,12H2,1-3H3. The number of carbonyl (C=O) groups is 1. The number of fused-ring (bicyclic) bond motifs is 1. The van der Waals surface area contributed by atoms with Gasteiger partial charge in [0.2, 0.25) is 10.1 Å². The molecular weight excluding hydrogens is 356 g/mol. The molecule has 1 aliphatic heterocycles. The predicted octanol–water partition coefficient (Wildman–Crippen LogP) is 3.20. The van der Waals surface area contributed by atoms with E-state index in [1.165, 1.54) is 11.3 Å². The summed E-state index contributed by atoms with van der Waals surface area (Å²) in [5.41, 5.74) is 2.05. The molecule has 0 fully saturated rings. The smallest absolute Gasteiger partial charge is 0.227 e. The molecular formula is C18H22N2O3S2. The molecule has 0 aliphatic carbocycles. The van der Waals surface area contributed by atoms with Crippen molar-refractivity contribution >= 4 is 28.6 Å². The minimum atomic E-state index is -1.20. The van der Waals surface area contributed by atoms with Crippen LogP contribution in [0.2, 0.25) is 0 Å². The van der Waals surface area contributed by atoms with Gasteiger partial charge >= 0.3 is 0 Å². The number of ether oxygens (including phenoxy) is 1. The van der Waals surface area contributed by atoms with Gasteiger partial charge in [-0.15, -0.1) is 4.31 Å². The van der Waals surface area contributed by atoms with E-state index in [1.807, 2.05) is 34.0 Å². The van der Waals surface area contributed by atoms with Crippen LogP contribution in [0.25, 0.3) is 0 Å². The highest BCUT2D eigenvalue weighted by Gasteiger charge is 2.33. The Balaban J connectivity index is 1.87. The molecule has 0 saturated carbocycles. The zero-order valence-corrected chi connectivity index (χ0v) is 16.2. The van der Waals surface area contributed by atoms with E-state index < -0.39 is 11.4 Å². The van der Waals surface area contributed by atoms with Gasteiger partial charge in [-0.1, -0.05) is 17.4 Å². The molecule has 0 bridgehead atoms. The summed E-state index contributed by atoms with van der Waals surface area (Å²) < 4.78 is 21.6. The van der Waals surface area contributed by atoms with E-state index in [0.29, 0.717) is 19.7 Å². The summed E-state index contributed by atoms with van der Waals surface area (Å²) in [6, 6.07) is 9.77. The molecule has 1 aromatic carbocycles. The van der Waals surface area contributed by atoms with Gasteiger partial charge in [-0.25, -0.2) is 0 Å². The first-order chi connectivity index (χ1) is 12.0. The summed E-state index contributed by atoms with van der Waals surface area (Å²) in [6.07, 6.45) is 0. The van der Waals surface area contributed by atoms with Crippen LogP contribution >= 0.6 is 11.3 Å². The third-order valence-corrected chi connectivity index (χ3v) is 7.15. The molecule has 25 heavy (non-hydrogen) atoms. The molecule has 0 saturated heterocycles. The van der Waals surface area contributed by atoms with Crippen LogP contribution < -0.4 is 4.74 Å². The monoisotopic (exact) mass is 378 g/mol. The molecule has 5 nitrogen and oxygen atoms in total. The second-order valence-electron chi connectivity index (χ2n) is 6.09. The Bertz CT molecular complexity index is 736. The van der Waals surface area contributed by atoms with Crippen LogP contribution in [0.15, 0.2) is 39.9 Å². The minimum Gasteiger partial charge on any atom is -0.592 e. The molecule has 3 rings (SSSR count). The van der Waals surface area contributed by atoms with Crippen molar-refractivity contribution in [2.75, 3.05) is 20.2 Å². The largest absolute Gasteiger partial charge is 0.592 e. The quantitative estimate of drug-likeness (QED) is 0.767. The van der Waals surface area contributed by atoms with E-state index >= 15 is 0 Å². The lowest BCUT2D eigenvalue weighted by Crippen LogP contribution is -2.34. The van der Waals surface area contributed by atoms with Crippen molar-refractivity contribution in [3.63, 3.8) is 0 Å². The Morgan fingerprint density at radius 2 is 2.28 bits per heavy atom. The molecule has 2 unspecified atom stereocenters. The fraction of sp³-hybridized carbons (Fsp3) is 0.389. The molecule has 0 N–H and O–H groups in total. The van der Waals surface area contributed by atoms with E-state index in [4.69, 9.17) is 4.74 Å². The van der Waals surface area contributed by atoms with Gasteiger partial charge in [0.25, 0.3) is 0 Å². The number of carbonyl (C=O) groups excluding carboxylic acids is 1. The third-order valence-electron chi connectivity index (χ3n) is 4.36. The molecule has 1 aliphatic rings. The first kappa shape index (κ1) is 18.3. The maximum absolute atomic E-state index is 12.9. The van der Waals surface area contributed by atoms with Gasteiger partial charge in [-0.05, 0) is 36.1 Å². The van der Waals surface area contributed by atoms with Gasteiger partial charge in [-0.3, -0.25) is 4.79 Å². The Kier molecular flexibility index (Phi) is 5.68. The molecule has 2 heterocycles. The SMILES string of the molecule is CC(=O)N(C)Cc1ccc2c(c1)C(C)N([S+]([O-])c1cccs1)CCO2. The van der Waals surface area contributed by atoms with Crippen LogP contribution in [-0.4, -0.2) is 39.9 Å². The lowest BCUT2D eigenvalue weighted by Gasteiger charge is -2.27. The summed E-state index contributed by atoms with van der Waals surface area (Å²) >= 11 is 0.298. The van der Waals surface area contributed by atoms with Crippen LogP contribution in [0, 0.1) is 0 Å². The van der Waals surface area contributed by atoms with E-state index in [1.54, 1.807) is 18.9 Å². The molecule has 1 aromatic heterocycles. The van der Waals surface area contributed by atoms with E-state index in [9.17, 15) is 9.35 Å². The van der Waals surface area contributed by atoms with E-state index in [2.05, 4.69) is 13.0 Å². The number of benzene rings is 1. The zero-order chi connectivity index (χ0) is 18.0. The van der Waals surface area contributed by atoms with Crippen molar-refractivity contribution < 1.29 is 14.1 Å². The highest BCUT2D eigenvalue weighted by Crippen LogP contribution is 2.36. The Labute approximate surface area is 155 Å². The second-order valence-corrected chi connectivity index (χ2v) is 8.71. The van der Waals surface area contributed by atoms with Crippen LogP contribution in [-0.2, 0) is 22.7 Å². The first-order valence-electron chi connectivity index (χ1n) is 8.16. The Hall–Kier alpha value is -1.54. The van der Waals surface area contributed by atoms with Gasteiger partial charge < -0.3 is 14.2 Å². The van der Waals surface area contributed by atoms with Crippen LogP contribution in [0.3, 0.4) is 0 Å². The van der Waals surface area contributed by atoms with Crippen molar-refractivity contribution in [2.24, 2.45) is 0 Å². The molecule has 2 aromatic rings. The number of thiophene rings is 1. The van der Waals surface area contributed by atoms with Gasteiger partial charge in [0.1, 0.15) is 12.4 Å². The normalized spacial score (nSPS) is 18.8. The molecule has 134 valence electrons. The van der Waals surface area contributed by atoms with Crippen molar-refractivity contribution in [1.82, 2.24) is 9.21 Å². The third kappa shape index (κ3) is 4.00. The summed E-state index contributed by atoms with van der Waals surface area (Å²) in [4.78, 5) is 13.2. The molecule has 0 radical (unpaired) electrons. The molecule has 7 heteroatoms. The Morgan fingerprint density at radius 1 is 1.48 bits per heavy atom. The van der Waals surface area contributed by atoms with Crippen molar-refractivity contribution in [2.45, 2.75) is 30.6 Å². The fourth-order valence-corrected chi connectivity index (χ4v) is 5.14. The highest BCUT2D eigenvalue weighted by molar-refractivity contribution is 7.91. The number of rotatable bonds is 4. The molecule has 0 spiro atoms. The first-order valence-corrected chi connectivity index (χ1v) is 10.2. The molecule has 1 amide bonds. The average molecular weight is 379 g/mol. The van der Waals surface area contributed by atoms with Crippen molar-refractivity contribution in [3.05, 3.63) is 46.8 Å². The summed E-state index contributed by atoms with van der Waals surface area (Å²) in [7, 11) is 1.78. The van der Waals surface area contributed by atoms with Gasteiger partial charge in [0, 0.05) is 32.1 Å². The lowest BCUT2D eigenvalue weighted by molar-refractivity contribution is -0.128. The Morgan fingerprint density at radius 3 is 2.96 bits per heavy atom. The maximum atomic E-state index is 12.9. The lowest BCUT2D eigenvalue weighted by atomic mass is 10.0. The van der Waals surface area contributed by atoms with Crippen molar-refractivity contribution in [3.8, 4) is 5.75 Å². The van der Waals surface area contributed by atoms with E-state index in [-0.39, 0.29) is 11.9 Å². The number of amides is 1. The highest BCUT2D eigenvalue weighted by atomic mass is 32.2. The number of nitrogens with zero attached hydrogens (tertiary/aromatic N) is 2. The summed E-state index contributed by atoms with van der Waals surface area (Å²) in [5, 5.41) is 1.94. The van der Waals surface area contributed by atoms with Crippen LogP contribution in [0.1, 0.15) is 31.0 Å². The minimum absolute atomic E-state index is 0.0275. The fourth-order valence-electron chi connectivity index (χ4n) is 2.84. The second kappa shape index (κ2) is 7.78. The van der Waals surface area contributed by atoms with Gasteiger partial charge in [-0.2, -0.15) is 0 Å².